The first-order valence-electron chi connectivity index (χ1n) is 9.18. The average molecular weight is 367 g/mol. The van der Waals surface area contributed by atoms with Crippen molar-refractivity contribution in [2.45, 2.75) is 32.8 Å². The molecule has 1 aliphatic rings. The highest BCUT2D eigenvalue weighted by atomic mass is 16.5. The summed E-state index contributed by atoms with van der Waals surface area (Å²) in [6.45, 7) is 4.62. The summed E-state index contributed by atoms with van der Waals surface area (Å²) in [6.07, 6.45) is 1.32. The van der Waals surface area contributed by atoms with E-state index in [0.717, 1.165) is 30.6 Å². The summed E-state index contributed by atoms with van der Waals surface area (Å²) in [5.41, 5.74) is 8.31. The van der Waals surface area contributed by atoms with Crippen LogP contribution in [-0.4, -0.2) is 31.0 Å². The second-order valence-corrected chi connectivity index (χ2v) is 6.77. The highest BCUT2D eigenvalue weighted by molar-refractivity contribution is 5.86. The van der Waals surface area contributed by atoms with E-state index < -0.39 is 12.0 Å². The summed E-state index contributed by atoms with van der Waals surface area (Å²) < 4.78 is 5.61. The minimum atomic E-state index is -0.720. The molecule has 142 valence electrons. The van der Waals surface area contributed by atoms with Gasteiger partial charge in [-0.1, -0.05) is 30.3 Å². The van der Waals surface area contributed by atoms with Gasteiger partial charge < -0.3 is 9.64 Å². The molecule has 0 spiro atoms. The number of aryl methyl sites for hydroxylation is 2. The molecule has 2 aromatic carbocycles. The van der Waals surface area contributed by atoms with E-state index in [4.69, 9.17) is 4.74 Å². The Morgan fingerprint density at radius 3 is 2.78 bits per heavy atom. The van der Waals surface area contributed by atoms with Crippen molar-refractivity contribution in [1.29, 1.82) is 0 Å². The average Bonchev–Trinajstić information content (AvgIpc) is 2.66. The minimum Gasteiger partial charge on any atom is -0.481 e. The zero-order chi connectivity index (χ0) is 19.2. The number of fused-ring (bicyclic) bond motifs is 1. The normalized spacial score (nSPS) is 14.1. The molecule has 27 heavy (non-hydrogen) atoms. The maximum absolute atomic E-state index is 12.2. The molecule has 0 bridgehead atoms. The quantitative estimate of drug-likeness (QED) is 0.796. The van der Waals surface area contributed by atoms with Crippen LogP contribution in [0.1, 0.15) is 24.5 Å². The molecule has 0 radical (unpaired) electrons. The van der Waals surface area contributed by atoms with Crippen LogP contribution >= 0.6 is 0 Å². The number of hydrogen-bond donors (Lipinski definition) is 2. The van der Waals surface area contributed by atoms with Gasteiger partial charge in [-0.2, -0.15) is 0 Å². The van der Waals surface area contributed by atoms with Crippen molar-refractivity contribution in [2.75, 3.05) is 18.0 Å². The molecule has 1 unspecified atom stereocenters. The molecule has 6 nitrogen and oxygen atoms in total. The Kier molecular flexibility index (Phi) is 5.96. The Hall–Kier alpha value is -3.02. The van der Waals surface area contributed by atoms with Gasteiger partial charge in [0.15, 0.2) is 6.10 Å². The first-order valence-corrected chi connectivity index (χ1v) is 9.18. The summed E-state index contributed by atoms with van der Waals surface area (Å²) in [4.78, 5) is 26.4. The molecule has 2 aromatic rings. The summed E-state index contributed by atoms with van der Waals surface area (Å²) in [5, 5.41) is 0. The van der Waals surface area contributed by atoms with Gasteiger partial charge in [0.2, 0.25) is 0 Å². The second kappa shape index (κ2) is 8.58. The molecule has 3 rings (SSSR count). The number of hydrazine groups is 1. The van der Waals surface area contributed by atoms with Gasteiger partial charge in [0.25, 0.3) is 11.8 Å². The molecule has 1 heterocycles. The number of hydrogen-bond acceptors (Lipinski definition) is 4. The van der Waals surface area contributed by atoms with Gasteiger partial charge >= 0.3 is 0 Å². The predicted octanol–water partition coefficient (Wildman–Crippen LogP) is 2.36. The van der Waals surface area contributed by atoms with Crippen LogP contribution in [0.3, 0.4) is 0 Å². The number of amides is 2. The molecule has 1 aliphatic heterocycles. The Balaban J connectivity index is 1.48. The van der Waals surface area contributed by atoms with Crippen LogP contribution in [0, 0.1) is 6.92 Å². The highest BCUT2D eigenvalue weighted by Gasteiger charge is 2.20. The summed E-state index contributed by atoms with van der Waals surface area (Å²) >= 11 is 0. The van der Waals surface area contributed by atoms with E-state index in [1.807, 2.05) is 48.2 Å². The van der Waals surface area contributed by atoms with Crippen molar-refractivity contribution in [3.05, 3.63) is 59.7 Å². The lowest BCUT2D eigenvalue weighted by Gasteiger charge is -2.30. The lowest BCUT2D eigenvalue weighted by Crippen LogP contribution is -2.50. The van der Waals surface area contributed by atoms with E-state index in [-0.39, 0.29) is 12.5 Å². The van der Waals surface area contributed by atoms with Crippen molar-refractivity contribution in [1.82, 2.24) is 10.9 Å². The second-order valence-electron chi connectivity index (χ2n) is 6.77. The van der Waals surface area contributed by atoms with Crippen LogP contribution in [0.15, 0.2) is 48.5 Å². The minimum absolute atomic E-state index is 0.199. The van der Waals surface area contributed by atoms with Gasteiger partial charge in [0.05, 0.1) is 6.54 Å². The number of carbonyl (C=O) groups excluding carboxylic acids is 2. The summed E-state index contributed by atoms with van der Waals surface area (Å²) in [7, 11) is 0. The van der Waals surface area contributed by atoms with Crippen molar-refractivity contribution in [3.63, 3.8) is 0 Å². The first kappa shape index (κ1) is 18.8. The van der Waals surface area contributed by atoms with Crippen molar-refractivity contribution in [3.8, 4) is 5.75 Å². The number of nitrogens with one attached hydrogen (secondary N) is 2. The van der Waals surface area contributed by atoms with Crippen molar-refractivity contribution in [2.24, 2.45) is 0 Å². The SMILES string of the molecule is Cc1cccc(OC(C)C(=O)NNC(=O)CN2CCCc3ccccc32)c1. The van der Waals surface area contributed by atoms with Gasteiger partial charge in [-0.05, 0) is 56.0 Å². The topological polar surface area (TPSA) is 70.7 Å². The van der Waals surface area contributed by atoms with E-state index in [9.17, 15) is 9.59 Å². The molecule has 0 aliphatic carbocycles. The smallest absolute Gasteiger partial charge is 0.279 e. The fourth-order valence-electron chi connectivity index (χ4n) is 3.17. The Bertz CT molecular complexity index is 822. The monoisotopic (exact) mass is 367 g/mol. The molecule has 0 saturated carbocycles. The van der Waals surface area contributed by atoms with Crippen molar-refractivity contribution >= 4 is 17.5 Å². The van der Waals surface area contributed by atoms with E-state index >= 15 is 0 Å². The number of ether oxygens (including phenoxy) is 1. The Morgan fingerprint density at radius 2 is 1.96 bits per heavy atom. The lowest BCUT2D eigenvalue weighted by molar-refractivity contribution is -0.132. The van der Waals surface area contributed by atoms with E-state index in [1.165, 1.54) is 5.56 Å². The zero-order valence-electron chi connectivity index (χ0n) is 15.7. The zero-order valence-corrected chi connectivity index (χ0v) is 15.7. The lowest BCUT2D eigenvalue weighted by atomic mass is 10.0. The summed E-state index contributed by atoms with van der Waals surface area (Å²) in [5.74, 6) is -0.0411. The standard InChI is InChI=1S/C21H25N3O3/c1-15-7-5-10-18(13-15)27-16(2)21(26)23-22-20(25)14-24-12-6-9-17-8-3-4-11-19(17)24/h3-5,7-8,10-11,13,16H,6,9,12,14H2,1-2H3,(H,22,25)(H,23,26). The van der Waals surface area contributed by atoms with Crippen LogP contribution in [0.4, 0.5) is 5.69 Å². The van der Waals surface area contributed by atoms with Crippen LogP contribution < -0.4 is 20.5 Å². The molecule has 2 amide bonds. The van der Waals surface area contributed by atoms with Gasteiger partial charge in [-0.25, -0.2) is 0 Å². The predicted molar refractivity (Wildman–Crippen MR) is 105 cm³/mol. The Labute approximate surface area is 159 Å². The maximum Gasteiger partial charge on any atom is 0.279 e. The molecule has 0 aromatic heterocycles. The van der Waals surface area contributed by atoms with Crippen LogP contribution in [0.25, 0.3) is 0 Å². The largest absolute Gasteiger partial charge is 0.481 e. The molecular weight excluding hydrogens is 342 g/mol. The van der Waals surface area contributed by atoms with Gasteiger partial charge in [-0.15, -0.1) is 0 Å². The van der Waals surface area contributed by atoms with Crippen LogP contribution in [0.5, 0.6) is 5.75 Å². The number of para-hydroxylation sites is 1. The third-order valence-electron chi connectivity index (χ3n) is 4.54. The number of nitrogens with zero attached hydrogens (tertiary/aromatic N) is 1. The molecule has 2 N–H and O–H groups in total. The number of rotatable bonds is 5. The fourth-order valence-corrected chi connectivity index (χ4v) is 3.17. The third-order valence-corrected chi connectivity index (χ3v) is 4.54. The number of anilines is 1. The van der Waals surface area contributed by atoms with E-state index in [0.29, 0.717) is 5.75 Å². The van der Waals surface area contributed by atoms with Gasteiger partial charge in [-0.3, -0.25) is 20.4 Å². The molecule has 0 saturated heterocycles. The first-order chi connectivity index (χ1) is 13.0. The Morgan fingerprint density at radius 1 is 1.15 bits per heavy atom. The van der Waals surface area contributed by atoms with Crippen LogP contribution in [-0.2, 0) is 16.0 Å². The van der Waals surface area contributed by atoms with Gasteiger partial charge in [0.1, 0.15) is 5.75 Å². The molecule has 6 heteroatoms. The van der Waals surface area contributed by atoms with Crippen LogP contribution in [0.2, 0.25) is 0 Å². The molecule has 0 fully saturated rings. The van der Waals surface area contributed by atoms with Crippen molar-refractivity contribution < 1.29 is 14.3 Å². The molecule has 1 atom stereocenters. The summed E-state index contributed by atoms with van der Waals surface area (Å²) in [6, 6.07) is 15.6. The fraction of sp³-hybridized carbons (Fsp3) is 0.333. The molecular formula is C21H25N3O3. The number of carbonyl (C=O) groups is 2. The maximum atomic E-state index is 12.2. The van der Waals surface area contributed by atoms with E-state index in [1.54, 1.807) is 13.0 Å². The third kappa shape index (κ3) is 5.00. The number of benzene rings is 2. The van der Waals surface area contributed by atoms with Gasteiger partial charge in [0, 0.05) is 12.2 Å². The van der Waals surface area contributed by atoms with E-state index in [2.05, 4.69) is 16.9 Å². The highest BCUT2D eigenvalue weighted by Crippen LogP contribution is 2.26.